The molecule has 2 rings (SSSR count). The SMILES string of the molecule is CCC(O)c1cc(S(=O)(=O)N2CCCC2)c[nH]1. The van der Waals surface area contributed by atoms with Gasteiger partial charge in [0.25, 0.3) is 0 Å². The summed E-state index contributed by atoms with van der Waals surface area (Å²) >= 11 is 0. The van der Waals surface area contributed by atoms with Gasteiger partial charge in [-0.05, 0) is 25.3 Å². The van der Waals surface area contributed by atoms with E-state index in [1.807, 2.05) is 6.92 Å². The highest BCUT2D eigenvalue weighted by Crippen LogP contribution is 2.24. The minimum absolute atomic E-state index is 0.252. The number of nitrogens with zero attached hydrogens (tertiary/aromatic N) is 1. The first-order valence-corrected chi connectivity index (χ1v) is 7.36. The minimum Gasteiger partial charge on any atom is -0.387 e. The zero-order valence-electron chi connectivity index (χ0n) is 9.89. The number of aliphatic hydroxyl groups is 1. The molecule has 1 fully saturated rings. The summed E-state index contributed by atoms with van der Waals surface area (Å²) in [6.45, 7) is 3.04. The van der Waals surface area contributed by atoms with Crippen LogP contribution in [0.15, 0.2) is 17.2 Å². The van der Waals surface area contributed by atoms with Crippen molar-refractivity contribution >= 4 is 10.0 Å². The number of aromatic amines is 1. The van der Waals surface area contributed by atoms with Gasteiger partial charge >= 0.3 is 0 Å². The fourth-order valence-corrected chi connectivity index (χ4v) is 3.55. The number of sulfonamides is 1. The van der Waals surface area contributed by atoms with Crippen LogP contribution in [0, 0.1) is 0 Å². The first-order chi connectivity index (χ1) is 8.05. The van der Waals surface area contributed by atoms with E-state index < -0.39 is 16.1 Å². The van der Waals surface area contributed by atoms with E-state index in [4.69, 9.17) is 0 Å². The average Bonchev–Trinajstić information content (AvgIpc) is 2.98. The van der Waals surface area contributed by atoms with E-state index >= 15 is 0 Å². The van der Waals surface area contributed by atoms with Crippen LogP contribution >= 0.6 is 0 Å². The maximum atomic E-state index is 12.2. The Balaban J connectivity index is 2.24. The zero-order valence-corrected chi connectivity index (χ0v) is 10.7. The highest BCUT2D eigenvalue weighted by atomic mass is 32.2. The molecular weight excluding hydrogens is 240 g/mol. The van der Waals surface area contributed by atoms with Crippen molar-refractivity contribution in [1.82, 2.24) is 9.29 Å². The van der Waals surface area contributed by atoms with Gasteiger partial charge in [-0.2, -0.15) is 4.31 Å². The lowest BCUT2D eigenvalue weighted by molar-refractivity contribution is 0.169. The van der Waals surface area contributed by atoms with Gasteiger partial charge in [0, 0.05) is 25.0 Å². The normalized spacial score (nSPS) is 19.6. The first-order valence-electron chi connectivity index (χ1n) is 5.92. The molecule has 1 aromatic heterocycles. The van der Waals surface area contributed by atoms with Crippen LogP contribution in [0.5, 0.6) is 0 Å². The Labute approximate surface area is 102 Å². The Morgan fingerprint density at radius 3 is 2.71 bits per heavy atom. The maximum Gasteiger partial charge on any atom is 0.244 e. The highest BCUT2D eigenvalue weighted by Gasteiger charge is 2.28. The number of aromatic nitrogens is 1. The van der Waals surface area contributed by atoms with Crippen molar-refractivity contribution in [2.75, 3.05) is 13.1 Å². The quantitative estimate of drug-likeness (QED) is 0.853. The largest absolute Gasteiger partial charge is 0.387 e. The van der Waals surface area contributed by atoms with Crippen molar-refractivity contribution in [2.45, 2.75) is 37.2 Å². The lowest BCUT2D eigenvalue weighted by atomic mass is 10.2. The van der Waals surface area contributed by atoms with Gasteiger partial charge in [-0.25, -0.2) is 8.42 Å². The summed E-state index contributed by atoms with van der Waals surface area (Å²) < 4.78 is 25.9. The average molecular weight is 258 g/mol. The molecule has 96 valence electrons. The van der Waals surface area contributed by atoms with E-state index in [1.54, 1.807) is 0 Å². The monoisotopic (exact) mass is 258 g/mol. The molecule has 0 saturated carbocycles. The second-order valence-corrected chi connectivity index (χ2v) is 6.26. The molecule has 1 aliphatic heterocycles. The fraction of sp³-hybridized carbons (Fsp3) is 0.636. The smallest absolute Gasteiger partial charge is 0.244 e. The number of hydrogen-bond acceptors (Lipinski definition) is 3. The predicted molar refractivity (Wildman–Crippen MR) is 64.0 cm³/mol. The van der Waals surface area contributed by atoms with E-state index in [1.165, 1.54) is 16.6 Å². The Hall–Kier alpha value is -0.850. The van der Waals surface area contributed by atoms with Crippen LogP contribution in [0.2, 0.25) is 0 Å². The van der Waals surface area contributed by atoms with Crippen LogP contribution in [-0.4, -0.2) is 35.9 Å². The Kier molecular flexibility index (Phi) is 3.56. The van der Waals surface area contributed by atoms with Crippen LogP contribution in [-0.2, 0) is 10.0 Å². The second-order valence-electron chi connectivity index (χ2n) is 4.33. The van der Waals surface area contributed by atoms with Crippen molar-refractivity contribution in [3.8, 4) is 0 Å². The summed E-state index contributed by atoms with van der Waals surface area (Å²) in [7, 11) is -3.37. The van der Waals surface area contributed by atoms with Gasteiger partial charge in [-0.3, -0.25) is 0 Å². The molecule has 0 radical (unpaired) electrons. The Morgan fingerprint density at radius 2 is 2.12 bits per heavy atom. The molecule has 1 aliphatic rings. The van der Waals surface area contributed by atoms with Gasteiger partial charge in [0.05, 0.1) is 11.0 Å². The molecule has 2 heterocycles. The van der Waals surface area contributed by atoms with Gasteiger partial charge in [-0.1, -0.05) is 6.92 Å². The molecule has 0 amide bonds. The molecule has 1 aromatic rings. The molecule has 6 heteroatoms. The summed E-state index contributed by atoms with van der Waals surface area (Å²) in [5.74, 6) is 0. The van der Waals surface area contributed by atoms with Gasteiger partial charge < -0.3 is 10.1 Å². The molecule has 5 nitrogen and oxygen atoms in total. The summed E-state index contributed by atoms with van der Waals surface area (Å²) in [5.41, 5.74) is 0.560. The number of nitrogens with one attached hydrogen (secondary N) is 1. The van der Waals surface area contributed by atoms with E-state index in [2.05, 4.69) is 4.98 Å². The first kappa shape index (κ1) is 12.6. The van der Waals surface area contributed by atoms with Gasteiger partial charge in [-0.15, -0.1) is 0 Å². The predicted octanol–water partition coefficient (Wildman–Crippen LogP) is 1.24. The van der Waals surface area contributed by atoms with Gasteiger partial charge in [0.1, 0.15) is 0 Å². The van der Waals surface area contributed by atoms with Crippen LogP contribution < -0.4 is 0 Å². The third kappa shape index (κ3) is 2.38. The molecule has 2 N–H and O–H groups in total. The summed E-state index contributed by atoms with van der Waals surface area (Å²) in [6, 6.07) is 1.53. The molecule has 1 saturated heterocycles. The standard InChI is InChI=1S/C11H18N2O3S/c1-2-11(14)10-7-9(8-12-10)17(15,16)13-5-3-4-6-13/h7-8,11-12,14H,2-6H2,1H3. The van der Waals surface area contributed by atoms with Crippen molar-refractivity contribution in [2.24, 2.45) is 0 Å². The molecule has 0 aromatic carbocycles. The molecule has 1 unspecified atom stereocenters. The van der Waals surface area contributed by atoms with Crippen LogP contribution in [0.1, 0.15) is 38.0 Å². The topological polar surface area (TPSA) is 73.4 Å². The summed E-state index contributed by atoms with van der Waals surface area (Å²) in [4.78, 5) is 3.08. The van der Waals surface area contributed by atoms with Crippen LogP contribution in [0.3, 0.4) is 0 Å². The fourth-order valence-electron chi connectivity index (χ4n) is 2.03. The molecule has 0 aliphatic carbocycles. The molecule has 17 heavy (non-hydrogen) atoms. The van der Waals surface area contributed by atoms with Gasteiger partial charge in [0.2, 0.25) is 10.0 Å². The number of rotatable bonds is 4. The van der Waals surface area contributed by atoms with E-state index in [0.29, 0.717) is 25.2 Å². The Morgan fingerprint density at radius 1 is 1.47 bits per heavy atom. The molecule has 0 bridgehead atoms. The van der Waals surface area contributed by atoms with Crippen molar-refractivity contribution in [3.63, 3.8) is 0 Å². The lowest BCUT2D eigenvalue weighted by Crippen LogP contribution is -2.27. The molecule has 0 spiro atoms. The number of H-pyrrole nitrogens is 1. The Bertz CT molecular complexity index is 475. The van der Waals surface area contributed by atoms with Crippen LogP contribution in [0.4, 0.5) is 0 Å². The molecular formula is C11H18N2O3S. The van der Waals surface area contributed by atoms with E-state index in [0.717, 1.165) is 12.8 Å². The third-order valence-corrected chi connectivity index (χ3v) is 5.00. The van der Waals surface area contributed by atoms with Crippen molar-refractivity contribution in [1.29, 1.82) is 0 Å². The summed E-state index contributed by atoms with van der Waals surface area (Å²) in [5, 5.41) is 9.63. The summed E-state index contributed by atoms with van der Waals surface area (Å²) in [6.07, 6.45) is 3.24. The number of hydrogen-bond donors (Lipinski definition) is 2. The van der Waals surface area contributed by atoms with Crippen LogP contribution in [0.25, 0.3) is 0 Å². The van der Waals surface area contributed by atoms with Gasteiger partial charge in [0.15, 0.2) is 0 Å². The number of aliphatic hydroxyl groups excluding tert-OH is 1. The highest BCUT2D eigenvalue weighted by molar-refractivity contribution is 7.89. The third-order valence-electron chi connectivity index (χ3n) is 3.13. The van der Waals surface area contributed by atoms with Crippen molar-refractivity contribution < 1.29 is 13.5 Å². The van der Waals surface area contributed by atoms with Crippen molar-refractivity contribution in [3.05, 3.63) is 18.0 Å². The van der Waals surface area contributed by atoms with E-state index in [9.17, 15) is 13.5 Å². The second kappa shape index (κ2) is 4.80. The van der Waals surface area contributed by atoms with E-state index in [-0.39, 0.29) is 4.90 Å². The zero-order chi connectivity index (χ0) is 12.5. The maximum absolute atomic E-state index is 12.2. The molecule has 1 atom stereocenters. The lowest BCUT2D eigenvalue weighted by Gasteiger charge is -2.13. The minimum atomic E-state index is -3.37.